The van der Waals surface area contributed by atoms with Crippen molar-refractivity contribution in [3.8, 4) is 6.07 Å². The highest BCUT2D eigenvalue weighted by Gasteiger charge is 2.21. The fraction of sp³-hybridized carbons (Fsp3) is 0.467. The highest BCUT2D eigenvalue weighted by Crippen LogP contribution is 2.23. The lowest BCUT2D eigenvalue weighted by Crippen LogP contribution is -2.40. The van der Waals surface area contributed by atoms with Crippen molar-refractivity contribution < 1.29 is 4.79 Å². The molecule has 20 heavy (non-hydrogen) atoms. The molecule has 1 aromatic carbocycles. The lowest BCUT2D eigenvalue weighted by atomic mass is 9.86. The minimum Gasteiger partial charge on any atom is -0.335 e. The maximum absolute atomic E-state index is 11.9. The van der Waals surface area contributed by atoms with Crippen LogP contribution in [0.15, 0.2) is 24.3 Å². The second-order valence-corrected chi connectivity index (χ2v) is 5.24. The Kier molecular flexibility index (Phi) is 4.97. The molecule has 0 aromatic heterocycles. The quantitative estimate of drug-likeness (QED) is 0.787. The molecule has 0 saturated heterocycles. The molecular weight excluding hydrogens is 252 g/mol. The Hall–Kier alpha value is -2.06. The fourth-order valence-corrected chi connectivity index (χ4v) is 2.56. The summed E-state index contributed by atoms with van der Waals surface area (Å²) in [4.78, 5) is 11.9. The third kappa shape index (κ3) is 3.97. The number of urea groups is 1. The Morgan fingerprint density at radius 3 is 2.75 bits per heavy atom. The van der Waals surface area contributed by atoms with E-state index in [0.717, 1.165) is 32.2 Å². The first-order chi connectivity index (χ1) is 9.71. The number of nitrogens with two attached hydrogens (primary N) is 1. The number of hydrogen-bond acceptors (Lipinski definition) is 3. The molecule has 1 aromatic rings. The van der Waals surface area contributed by atoms with Gasteiger partial charge in [0.15, 0.2) is 0 Å². The molecule has 106 valence electrons. The van der Waals surface area contributed by atoms with E-state index in [1.807, 2.05) is 6.07 Å². The van der Waals surface area contributed by atoms with Gasteiger partial charge < -0.3 is 16.4 Å². The number of nitrogens with zero attached hydrogens (tertiary/aromatic N) is 1. The topological polar surface area (TPSA) is 90.9 Å². The van der Waals surface area contributed by atoms with Crippen molar-refractivity contribution in [2.75, 3.05) is 11.9 Å². The molecule has 1 fully saturated rings. The molecule has 5 nitrogen and oxygen atoms in total. The van der Waals surface area contributed by atoms with Gasteiger partial charge in [0.2, 0.25) is 0 Å². The summed E-state index contributed by atoms with van der Waals surface area (Å²) in [5, 5.41) is 14.6. The van der Waals surface area contributed by atoms with Crippen molar-refractivity contribution in [1.29, 1.82) is 5.26 Å². The molecule has 0 bridgehead atoms. The minimum atomic E-state index is -0.212. The van der Waals surface area contributed by atoms with E-state index in [0.29, 0.717) is 17.2 Å². The molecule has 1 saturated carbocycles. The number of carbonyl (C=O) groups is 1. The van der Waals surface area contributed by atoms with Gasteiger partial charge in [-0.2, -0.15) is 5.26 Å². The second kappa shape index (κ2) is 6.92. The van der Waals surface area contributed by atoms with Gasteiger partial charge in [-0.25, -0.2) is 4.79 Å². The van der Waals surface area contributed by atoms with Crippen LogP contribution in [0.2, 0.25) is 0 Å². The van der Waals surface area contributed by atoms with E-state index in [-0.39, 0.29) is 12.1 Å². The van der Waals surface area contributed by atoms with Crippen molar-refractivity contribution in [2.45, 2.75) is 31.7 Å². The molecule has 5 heteroatoms. The van der Waals surface area contributed by atoms with E-state index >= 15 is 0 Å². The first-order valence-corrected chi connectivity index (χ1v) is 6.99. The van der Waals surface area contributed by atoms with Gasteiger partial charge in [0.05, 0.1) is 11.6 Å². The first-order valence-electron chi connectivity index (χ1n) is 6.99. The van der Waals surface area contributed by atoms with Gasteiger partial charge in [-0.15, -0.1) is 0 Å². The molecule has 0 spiro atoms. The van der Waals surface area contributed by atoms with E-state index in [9.17, 15) is 4.79 Å². The molecule has 0 aliphatic heterocycles. The standard InChI is InChI=1S/C15H20N4O/c16-9-11-4-6-13(7-5-11)18-15(20)19-14-3-1-2-12(8-14)10-17/h1-3,8,11,13H,4-7,9,16H2,(H2,18,19,20). The Bertz CT molecular complexity index is 501. The fourth-order valence-electron chi connectivity index (χ4n) is 2.56. The molecule has 1 aliphatic carbocycles. The largest absolute Gasteiger partial charge is 0.335 e. The summed E-state index contributed by atoms with van der Waals surface area (Å²) in [6, 6.07) is 8.94. The van der Waals surface area contributed by atoms with Gasteiger partial charge in [0.1, 0.15) is 0 Å². The van der Waals surface area contributed by atoms with Gasteiger partial charge in [-0.1, -0.05) is 6.07 Å². The third-order valence-electron chi connectivity index (χ3n) is 3.76. The summed E-state index contributed by atoms with van der Waals surface area (Å²) in [7, 11) is 0. The summed E-state index contributed by atoms with van der Waals surface area (Å²) < 4.78 is 0. The molecule has 2 amide bonds. The van der Waals surface area contributed by atoms with Gasteiger partial charge in [-0.05, 0) is 56.3 Å². The SMILES string of the molecule is N#Cc1cccc(NC(=O)NC2CCC(CN)CC2)c1. The molecule has 0 atom stereocenters. The monoisotopic (exact) mass is 272 g/mol. The van der Waals surface area contributed by atoms with Crippen LogP contribution in [-0.4, -0.2) is 18.6 Å². The molecular formula is C15H20N4O. The van der Waals surface area contributed by atoms with E-state index in [2.05, 4.69) is 10.6 Å². The molecule has 0 radical (unpaired) electrons. The normalized spacial score (nSPS) is 21.8. The average molecular weight is 272 g/mol. The van der Waals surface area contributed by atoms with Crippen LogP contribution >= 0.6 is 0 Å². The number of carbonyl (C=O) groups excluding carboxylic acids is 1. The van der Waals surface area contributed by atoms with Crippen molar-refractivity contribution in [3.63, 3.8) is 0 Å². The van der Waals surface area contributed by atoms with Crippen LogP contribution in [0.4, 0.5) is 10.5 Å². The van der Waals surface area contributed by atoms with E-state index in [4.69, 9.17) is 11.0 Å². The lowest BCUT2D eigenvalue weighted by Gasteiger charge is -2.28. The van der Waals surface area contributed by atoms with Crippen LogP contribution < -0.4 is 16.4 Å². The minimum absolute atomic E-state index is 0.212. The van der Waals surface area contributed by atoms with Gasteiger partial charge in [0.25, 0.3) is 0 Å². The maximum Gasteiger partial charge on any atom is 0.319 e. The number of nitriles is 1. The van der Waals surface area contributed by atoms with Crippen molar-refractivity contribution in [1.82, 2.24) is 5.32 Å². The van der Waals surface area contributed by atoms with Crippen LogP contribution in [0.3, 0.4) is 0 Å². The third-order valence-corrected chi connectivity index (χ3v) is 3.76. The lowest BCUT2D eigenvalue weighted by molar-refractivity contribution is 0.238. The smallest absolute Gasteiger partial charge is 0.319 e. The number of anilines is 1. The molecule has 4 N–H and O–H groups in total. The van der Waals surface area contributed by atoms with Crippen LogP contribution in [-0.2, 0) is 0 Å². The van der Waals surface area contributed by atoms with Crippen LogP contribution in [0.25, 0.3) is 0 Å². The van der Waals surface area contributed by atoms with Crippen molar-refractivity contribution >= 4 is 11.7 Å². The zero-order chi connectivity index (χ0) is 14.4. The summed E-state index contributed by atoms with van der Waals surface area (Å²) in [6.45, 7) is 0.736. The zero-order valence-corrected chi connectivity index (χ0v) is 11.4. The number of rotatable bonds is 3. The highest BCUT2D eigenvalue weighted by molar-refractivity contribution is 5.89. The van der Waals surface area contributed by atoms with Crippen molar-refractivity contribution in [3.05, 3.63) is 29.8 Å². The molecule has 1 aliphatic rings. The van der Waals surface area contributed by atoms with Gasteiger partial charge >= 0.3 is 6.03 Å². The van der Waals surface area contributed by atoms with E-state index in [1.165, 1.54) is 0 Å². The van der Waals surface area contributed by atoms with Crippen LogP contribution in [0.5, 0.6) is 0 Å². The highest BCUT2D eigenvalue weighted by atomic mass is 16.2. The van der Waals surface area contributed by atoms with Crippen LogP contribution in [0, 0.1) is 17.2 Å². The summed E-state index contributed by atoms with van der Waals surface area (Å²) in [5.74, 6) is 0.600. The second-order valence-electron chi connectivity index (χ2n) is 5.24. The maximum atomic E-state index is 11.9. The first kappa shape index (κ1) is 14.4. The van der Waals surface area contributed by atoms with E-state index in [1.54, 1.807) is 24.3 Å². The van der Waals surface area contributed by atoms with E-state index < -0.39 is 0 Å². The van der Waals surface area contributed by atoms with Crippen LogP contribution in [0.1, 0.15) is 31.2 Å². The number of hydrogen-bond donors (Lipinski definition) is 3. The summed E-state index contributed by atoms with van der Waals surface area (Å²) >= 11 is 0. The molecule has 0 heterocycles. The Morgan fingerprint density at radius 1 is 1.35 bits per heavy atom. The van der Waals surface area contributed by atoms with Gasteiger partial charge in [0, 0.05) is 11.7 Å². The Labute approximate surface area is 119 Å². The number of benzene rings is 1. The summed E-state index contributed by atoms with van der Waals surface area (Å²) in [6.07, 6.45) is 4.11. The number of nitrogens with one attached hydrogen (secondary N) is 2. The predicted octanol–water partition coefficient (Wildman–Crippen LogP) is 2.20. The van der Waals surface area contributed by atoms with Gasteiger partial charge in [-0.3, -0.25) is 0 Å². The predicted molar refractivity (Wildman–Crippen MR) is 78.1 cm³/mol. The molecule has 2 rings (SSSR count). The summed E-state index contributed by atoms with van der Waals surface area (Å²) in [5.41, 5.74) is 6.82. The Balaban J connectivity index is 1.82. The molecule has 0 unspecified atom stereocenters. The van der Waals surface area contributed by atoms with Crippen molar-refractivity contribution in [2.24, 2.45) is 11.7 Å². The average Bonchev–Trinajstić information content (AvgIpc) is 2.48. The zero-order valence-electron chi connectivity index (χ0n) is 11.4. The Morgan fingerprint density at radius 2 is 2.10 bits per heavy atom. The number of amides is 2.